The lowest BCUT2D eigenvalue weighted by Gasteiger charge is -2.38. The van der Waals surface area contributed by atoms with Crippen molar-refractivity contribution in [1.29, 1.82) is 0 Å². The second kappa shape index (κ2) is 4.10. The summed E-state index contributed by atoms with van der Waals surface area (Å²) in [6.07, 6.45) is 5.43. The van der Waals surface area contributed by atoms with Crippen molar-refractivity contribution in [3.8, 4) is 0 Å². The van der Waals surface area contributed by atoms with Crippen LogP contribution in [0.25, 0.3) is 0 Å². The van der Waals surface area contributed by atoms with Crippen LogP contribution in [-0.4, -0.2) is 12.1 Å². The first kappa shape index (κ1) is 9.05. The molecule has 0 aromatic carbocycles. The highest BCUT2D eigenvalue weighted by atomic mass is 15.0. The third kappa shape index (κ3) is 2.48. The van der Waals surface area contributed by atoms with Gasteiger partial charge in [-0.15, -0.1) is 0 Å². The van der Waals surface area contributed by atoms with Crippen LogP contribution in [0, 0.1) is 5.92 Å². The van der Waals surface area contributed by atoms with Crippen LogP contribution < -0.4 is 5.32 Å². The Morgan fingerprint density at radius 2 is 2.00 bits per heavy atom. The normalized spacial score (nSPS) is 33.0. The first-order valence-corrected chi connectivity index (χ1v) is 5.02. The van der Waals surface area contributed by atoms with Crippen LogP contribution in [-0.2, 0) is 0 Å². The van der Waals surface area contributed by atoms with Gasteiger partial charge in [-0.2, -0.15) is 0 Å². The zero-order chi connectivity index (χ0) is 8.27. The summed E-state index contributed by atoms with van der Waals surface area (Å²) in [4.78, 5) is 0. The molecule has 1 saturated heterocycles. The maximum Gasteiger partial charge on any atom is 0.00870 e. The summed E-state index contributed by atoms with van der Waals surface area (Å²) in [5.41, 5.74) is 0. The fourth-order valence-corrected chi connectivity index (χ4v) is 1.75. The quantitative estimate of drug-likeness (QED) is 0.658. The molecule has 0 spiro atoms. The topological polar surface area (TPSA) is 12.0 Å². The number of nitrogens with one attached hydrogen (secondary N) is 1. The first-order chi connectivity index (χ1) is 5.26. The molecule has 0 saturated carbocycles. The Bertz CT molecular complexity index is 105. The van der Waals surface area contributed by atoms with Gasteiger partial charge >= 0.3 is 0 Å². The lowest BCUT2D eigenvalue weighted by molar-refractivity contribution is 0.221. The predicted octanol–water partition coefficient (Wildman–Crippen LogP) is 2.56. The van der Waals surface area contributed by atoms with Crippen LogP contribution in [0.5, 0.6) is 0 Å². The maximum atomic E-state index is 3.59. The molecule has 0 aromatic rings. The summed E-state index contributed by atoms with van der Waals surface area (Å²) >= 11 is 0. The molecular weight excluding hydrogens is 134 g/mol. The SMILES string of the molecule is CCC(C)CC1CC(CC)N1. The molecule has 0 amide bonds. The minimum atomic E-state index is 0.837. The molecule has 1 fully saturated rings. The average Bonchev–Trinajstić information content (AvgIpc) is 1.95. The highest BCUT2D eigenvalue weighted by molar-refractivity contribution is 4.87. The van der Waals surface area contributed by atoms with Crippen molar-refractivity contribution in [2.24, 2.45) is 5.92 Å². The fraction of sp³-hybridized carbons (Fsp3) is 1.00. The van der Waals surface area contributed by atoms with E-state index in [2.05, 4.69) is 26.1 Å². The van der Waals surface area contributed by atoms with E-state index in [9.17, 15) is 0 Å². The Hall–Kier alpha value is -0.0400. The van der Waals surface area contributed by atoms with Crippen molar-refractivity contribution in [2.75, 3.05) is 0 Å². The van der Waals surface area contributed by atoms with E-state index in [1.165, 1.54) is 25.7 Å². The van der Waals surface area contributed by atoms with E-state index in [4.69, 9.17) is 0 Å². The molecular formula is C10H21N. The van der Waals surface area contributed by atoms with E-state index < -0.39 is 0 Å². The molecule has 1 heteroatoms. The molecule has 3 unspecified atom stereocenters. The van der Waals surface area contributed by atoms with E-state index in [-0.39, 0.29) is 0 Å². The number of rotatable bonds is 4. The van der Waals surface area contributed by atoms with Gasteiger partial charge in [0.1, 0.15) is 0 Å². The Morgan fingerprint density at radius 1 is 1.36 bits per heavy atom. The van der Waals surface area contributed by atoms with Gasteiger partial charge in [0, 0.05) is 12.1 Å². The molecule has 0 bridgehead atoms. The largest absolute Gasteiger partial charge is 0.311 e. The maximum absolute atomic E-state index is 3.59. The molecule has 1 rings (SSSR count). The average molecular weight is 155 g/mol. The second-order valence-electron chi connectivity index (χ2n) is 3.95. The molecule has 1 aliphatic heterocycles. The minimum absolute atomic E-state index is 0.837. The smallest absolute Gasteiger partial charge is 0.00870 e. The summed E-state index contributed by atoms with van der Waals surface area (Å²) in [6.45, 7) is 6.89. The number of hydrogen-bond acceptors (Lipinski definition) is 1. The molecule has 1 heterocycles. The Kier molecular flexibility index (Phi) is 3.38. The van der Waals surface area contributed by atoms with E-state index in [1.54, 1.807) is 0 Å². The highest BCUT2D eigenvalue weighted by Gasteiger charge is 2.26. The molecule has 0 radical (unpaired) electrons. The zero-order valence-electron chi connectivity index (χ0n) is 8.06. The van der Waals surface area contributed by atoms with Crippen molar-refractivity contribution >= 4 is 0 Å². The third-order valence-electron chi connectivity index (χ3n) is 2.92. The van der Waals surface area contributed by atoms with Gasteiger partial charge in [0.15, 0.2) is 0 Å². The summed E-state index contributed by atoms with van der Waals surface area (Å²) in [7, 11) is 0. The molecule has 0 aromatic heterocycles. The van der Waals surface area contributed by atoms with Gasteiger partial charge in [-0.3, -0.25) is 0 Å². The van der Waals surface area contributed by atoms with Gasteiger partial charge in [-0.25, -0.2) is 0 Å². The van der Waals surface area contributed by atoms with Gasteiger partial charge in [-0.05, 0) is 25.2 Å². The zero-order valence-corrected chi connectivity index (χ0v) is 8.06. The summed E-state index contributed by atoms with van der Waals surface area (Å²) in [6, 6.07) is 1.68. The van der Waals surface area contributed by atoms with Gasteiger partial charge < -0.3 is 5.32 Å². The molecule has 11 heavy (non-hydrogen) atoms. The van der Waals surface area contributed by atoms with Crippen LogP contribution in [0.3, 0.4) is 0 Å². The van der Waals surface area contributed by atoms with Crippen LogP contribution in [0.15, 0.2) is 0 Å². The summed E-state index contributed by atoms with van der Waals surface area (Å²) in [5.74, 6) is 0.908. The Morgan fingerprint density at radius 3 is 2.45 bits per heavy atom. The summed E-state index contributed by atoms with van der Waals surface area (Å²) < 4.78 is 0. The molecule has 1 nitrogen and oxygen atoms in total. The number of hydrogen-bond donors (Lipinski definition) is 1. The van der Waals surface area contributed by atoms with Crippen molar-refractivity contribution in [3.63, 3.8) is 0 Å². The van der Waals surface area contributed by atoms with E-state index in [1.807, 2.05) is 0 Å². The lowest BCUT2D eigenvalue weighted by Crippen LogP contribution is -2.52. The van der Waals surface area contributed by atoms with Crippen LogP contribution in [0.4, 0.5) is 0 Å². The standard InChI is InChI=1S/C10H21N/c1-4-8(3)6-10-7-9(5-2)11-10/h8-11H,4-7H2,1-3H3. The van der Waals surface area contributed by atoms with Crippen molar-refractivity contribution in [1.82, 2.24) is 5.32 Å². The molecule has 66 valence electrons. The van der Waals surface area contributed by atoms with Crippen molar-refractivity contribution in [2.45, 2.75) is 58.5 Å². The predicted molar refractivity (Wildman–Crippen MR) is 49.7 cm³/mol. The Balaban J connectivity index is 2.04. The summed E-state index contributed by atoms with van der Waals surface area (Å²) in [5, 5.41) is 3.59. The highest BCUT2D eigenvalue weighted by Crippen LogP contribution is 2.22. The molecule has 3 atom stereocenters. The van der Waals surface area contributed by atoms with Gasteiger partial charge in [0.05, 0.1) is 0 Å². The van der Waals surface area contributed by atoms with Crippen LogP contribution >= 0.6 is 0 Å². The van der Waals surface area contributed by atoms with E-state index in [0.717, 1.165) is 18.0 Å². The van der Waals surface area contributed by atoms with Crippen molar-refractivity contribution < 1.29 is 0 Å². The van der Waals surface area contributed by atoms with Gasteiger partial charge in [0.2, 0.25) is 0 Å². The van der Waals surface area contributed by atoms with E-state index in [0.29, 0.717) is 0 Å². The minimum Gasteiger partial charge on any atom is -0.311 e. The monoisotopic (exact) mass is 155 g/mol. The van der Waals surface area contributed by atoms with Gasteiger partial charge in [-0.1, -0.05) is 27.2 Å². The molecule has 0 aliphatic carbocycles. The first-order valence-electron chi connectivity index (χ1n) is 5.02. The van der Waals surface area contributed by atoms with E-state index >= 15 is 0 Å². The second-order valence-corrected chi connectivity index (χ2v) is 3.95. The fourth-order valence-electron chi connectivity index (χ4n) is 1.75. The molecule has 1 N–H and O–H groups in total. The van der Waals surface area contributed by atoms with Crippen LogP contribution in [0.2, 0.25) is 0 Å². The molecule has 1 aliphatic rings. The lowest BCUT2D eigenvalue weighted by atomic mass is 9.87. The third-order valence-corrected chi connectivity index (χ3v) is 2.92. The van der Waals surface area contributed by atoms with Crippen molar-refractivity contribution in [3.05, 3.63) is 0 Å². The van der Waals surface area contributed by atoms with Crippen LogP contribution in [0.1, 0.15) is 46.5 Å². The van der Waals surface area contributed by atoms with Gasteiger partial charge in [0.25, 0.3) is 0 Å². The Labute approximate surface area is 70.6 Å².